The molecular weight excluding hydrogens is 733 g/mol. The van der Waals surface area contributed by atoms with Gasteiger partial charge in [-0.1, -0.05) is 121 Å². The van der Waals surface area contributed by atoms with E-state index < -0.39 is 0 Å². The molecular formula is C56H30N2S. The molecule has 13 aromatic rings. The van der Waals surface area contributed by atoms with Gasteiger partial charge in [0.25, 0.3) is 0 Å². The number of para-hydroxylation sites is 2. The summed E-state index contributed by atoms with van der Waals surface area (Å²) < 4.78 is 7.65. The Kier molecular flexibility index (Phi) is 5.57. The Hall–Kier alpha value is -7.46. The maximum absolute atomic E-state index is 2.52. The SMILES string of the molecule is c1ccc2c(c1)-c1cccc3c1c-2cc1c2ccccc2n(-c2ccc4sc5ccc(-n6c7ccccc7c7cc8c9c(cccc9c76)-c6ccccc6-8)cc5c4c2)c31. The highest BCUT2D eigenvalue weighted by molar-refractivity contribution is 7.25. The van der Waals surface area contributed by atoms with Crippen molar-refractivity contribution >= 4 is 96.7 Å². The Morgan fingerprint density at radius 1 is 0.271 bits per heavy atom. The smallest absolute Gasteiger partial charge is 0.0620 e. The van der Waals surface area contributed by atoms with Crippen LogP contribution in [-0.2, 0) is 0 Å². The van der Waals surface area contributed by atoms with Gasteiger partial charge in [0, 0.05) is 63.9 Å². The van der Waals surface area contributed by atoms with Crippen LogP contribution in [0.2, 0.25) is 0 Å². The number of fused-ring (bicyclic) bond motifs is 17. The molecule has 0 radical (unpaired) electrons. The first-order valence-electron chi connectivity index (χ1n) is 20.4. The first-order valence-corrected chi connectivity index (χ1v) is 21.2. The zero-order chi connectivity index (χ0) is 38.1. The van der Waals surface area contributed by atoms with Crippen molar-refractivity contribution in [2.75, 3.05) is 0 Å². The quantitative estimate of drug-likeness (QED) is 0.166. The lowest BCUT2D eigenvalue weighted by Gasteiger charge is -2.12. The average Bonchev–Trinajstić information content (AvgIpc) is 4.09. The molecule has 0 unspecified atom stereocenters. The largest absolute Gasteiger partial charge is 0.309 e. The molecule has 3 aromatic heterocycles. The molecule has 2 aliphatic rings. The molecule has 3 heteroatoms. The molecule has 15 rings (SSSR count). The summed E-state index contributed by atoms with van der Waals surface area (Å²) in [5, 5.41) is 13.1. The summed E-state index contributed by atoms with van der Waals surface area (Å²) in [6.07, 6.45) is 0. The highest BCUT2D eigenvalue weighted by atomic mass is 32.1. The minimum absolute atomic E-state index is 1.19. The second-order valence-electron chi connectivity index (χ2n) is 16.4. The number of hydrogen-bond donors (Lipinski definition) is 0. The fraction of sp³-hybridized carbons (Fsp3) is 0. The highest BCUT2D eigenvalue weighted by Gasteiger charge is 2.27. The fourth-order valence-electron chi connectivity index (χ4n) is 11.2. The third-order valence-electron chi connectivity index (χ3n) is 13.6. The molecule has 0 bridgehead atoms. The number of rotatable bonds is 2. The van der Waals surface area contributed by atoms with Crippen molar-refractivity contribution in [2.45, 2.75) is 0 Å². The topological polar surface area (TPSA) is 9.86 Å². The summed E-state index contributed by atoms with van der Waals surface area (Å²) in [6.45, 7) is 0. The van der Waals surface area contributed by atoms with Gasteiger partial charge in [-0.3, -0.25) is 0 Å². The Balaban J connectivity index is 0.999. The van der Waals surface area contributed by atoms with Crippen LogP contribution in [0.25, 0.3) is 141 Å². The van der Waals surface area contributed by atoms with Crippen molar-refractivity contribution in [3.63, 3.8) is 0 Å². The lowest BCUT2D eigenvalue weighted by Crippen LogP contribution is -1.95. The Bertz CT molecular complexity index is 3810. The van der Waals surface area contributed by atoms with Crippen LogP contribution in [-0.4, -0.2) is 9.13 Å². The van der Waals surface area contributed by atoms with E-state index in [1.165, 1.54) is 141 Å². The van der Waals surface area contributed by atoms with Gasteiger partial charge in [0.2, 0.25) is 0 Å². The van der Waals surface area contributed by atoms with Gasteiger partial charge < -0.3 is 9.13 Å². The van der Waals surface area contributed by atoms with E-state index in [0.717, 1.165) is 0 Å². The summed E-state index contributed by atoms with van der Waals surface area (Å²) in [6, 6.07) is 68.6. The van der Waals surface area contributed by atoms with Crippen LogP contribution >= 0.6 is 11.3 Å². The van der Waals surface area contributed by atoms with Crippen molar-refractivity contribution in [1.29, 1.82) is 0 Å². The minimum Gasteiger partial charge on any atom is -0.309 e. The Morgan fingerprint density at radius 3 is 1.14 bits per heavy atom. The molecule has 0 saturated carbocycles. The zero-order valence-electron chi connectivity index (χ0n) is 31.6. The van der Waals surface area contributed by atoms with E-state index in [4.69, 9.17) is 0 Å². The Morgan fingerprint density at radius 2 is 0.661 bits per heavy atom. The molecule has 10 aromatic carbocycles. The van der Waals surface area contributed by atoms with Crippen LogP contribution in [0.3, 0.4) is 0 Å². The van der Waals surface area contributed by atoms with E-state index in [0.29, 0.717) is 0 Å². The summed E-state index contributed by atoms with van der Waals surface area (Å²) in [5.74, 6) is 0. The van der Waals surface area contributed by atoms with Gasteiger partial charge >= 0.3 is 0 Å². The van der Waals surface area contributed by atoms with Crippen LogP contribution in [0.4, 0.5) is 0 Å². The number of nitrogens with zero attached hydrogens (tertiary/aromatic N) is 2. The molecule has 0 fully saturated rings. The summed E-state index contributed by atoms with van der Waals surface area (Å²) >= 11 is 1.88. The monoisotopic (exact) mass is 762 g/mol. The molecule has 0 N–H and O–H groups in total. The Labute approximate surface area is 342 Å². The van der Waals surface area contributed by atoms with Crippen LogP contribution in [0.5, 0.6) is 0 Å². The van der Waals surface area contributed by atoms with E-state index >= 15 is 0 Å². The van der Waals surface area contributed by atoms with Gasteiger partial charge in [-0.25, -0.2) is 0 Å². The minimum atomic E-state index is 1.19. The lowest BCUT2D eigenvalue weighted by molar-refractivity contribution is 1.19. The molecule has 59 heavy (non-hydrogen) atoms. The predicted octanol–water partition coefficient (Wildman–Crippen LogP) is 15.8. The summed E-state index contributed by atoms with van der Waals surface area (Å²) in [5.41, 5.74) is 18.0. The van der Waals surface area contributed by atoms with Gasteiger partial charge in [0.05, 0.1) is 22.1 Å². The van der Waals surface area contributed by atoms with Crippen molar-refractivity contribution in [3.05, 3.63) is 182 Å². The normalized spacial score (nSPS) is 12.7. The van der Waals surface area contributed by atoms with E-state index in [9.17, 15) is 0 Å². The maximum atomic E-state index is 2.52. The highest BCUT2D eigenvalue weighted by Crippen LogP contribution is 2.53. The number of thiophene rings is 1. The zero-order valence-corrected chi connectivity index (χ0v) is 32.4. The van der Waals surface area contributed by atoms with Crippen LogP contribution in [0.1, 0.15) is 0 Å². The van der Waals surface area contributed by atoms with E-state index in [1.807, 2.05) is 11.3 Å². The third kappa shape index (κ3) is 3.74. The molecule has 0 amide bonds. The second-order valence-corrected chi connectivity index (χ2v) is 17.4. The van der Waals surface area contributed by atoms with E-state index in [2.05, 4.69) is 191 Å². The first kappa shape index (κ1) is 30.6. The first-order chi connectivity index (χ1) is 29.3. The van der Waals surface area contributed by atoms with Crippen molar-refractivity contribution in [1.82, 2.24) is 9.13 Å². The van der Waals surface area contributed by atoms with Gasteiger partial charge in [0.15, 0.2) is 0 Å². The van der Waals surface area contributed by atoms with Crippen molar-refractivity contribution < 1.29 is 0 Å². The maximum Gasteiger partial charge on any atom is 0.0620 e. The molecule has 0 atom stereocenters. The lowest BCUT2D eigenvalue weighted by atomic mass is 9.99. The average molecular weight is 763 g/mol. The van der Waals surface area contributed by atoms with Crippen molar-refractivity contribution in [2.24, 2.45) is 0 Å². The molecule has 2 aliphatic carbocycles. The second kappa shape index (κ2) is 10.7. The molecule has 0 aliphatic heterocycles. The van der Waals surface area contributed by atoms with Gasteiger partial charge in [-0.05, 0) is 116 Å². The fourth-order valence-corrected chi connectivity index (χ4v) is 12.3. The van der Waals surface area contributed by atoms with Gasteiger partial charge in [-0.15, -0.1) is 11.3 Å². The molecule has 270 valence electrons. The van der Waals surface area contributed by atoms with Gasteiger partial charge in [-0.2, -0.15) is 0 Å². The standard InChI is InChI=1S/C56H30N2S/c1-3-13-35-33(11-1)39-17-9-19-41-53(39)45(35)29-47-37-15-5-7-21-49(37)57(55(41)47)31-23-25-51-43(27-31)44-28-32(24-26-52(44)59-51)58-50-22-8-6-16-38(50)48-30-46-36-14-4-2-12-34(36)40-18-10-20-42(54(40)46)56(48)58/h1-30H. The van der Waals surface area contributed by atoms with Crippen LogP contribution < -0.4 is 0 Å². The van der Waals surface area contributed by atoms with Crippen molar-refractivity contribution in [3.8, 4) is 55.9 Å². The van der Waals surface area contributed by atoms with E-state index in [-0.39, 0.29) is 0 Å². The molecule has 2 nitrogen and oxygen atoms in total. The predicted molar refractivity (Wildman–Crippen MR) is 252 cm³/mol. The van der Waals surface area contributed by atoms with Gasteiger partial charge in [0.1, 0.15) is 0 Å². The third-order valence-corrected chi connectivity index (χ3v) is 14.7. The van der Waals surface area contributed by atoms with Crippen LogP contribution in [0.15, 0.2) is 182 Å². The molecule has 0 saturated heterocycles. The molecule has 3 heterocycles. The van der Waals surface area contributed by atoms with Crippen LogP contribution in [0, 0.1) is 0 Å². The number of aromatic nitrogens is 2. The number of hydrogen-bond acceptors (Lipinski definition) is 1. The summed E-state index contributed by atoms with van der Waals surface area (Å²) in [4.78, 5) is 0. The summed E-state index contributed by atoms with van der Waals surface area (Å²) in [7, 11) is 0. The molecule has 0 spiro atoms. The number of benzene rings is 10. The van der Waals surface area contributed by atoms with E-state index in [1.54, 1.807) is 0 Å².